The van der Waals surface area contributed by atoms with Gasteiger partial charge < -0.3 is 4.74 Å². The fraction of sp³-hybridized carbons (Fsp3) is 0.100. The van der Waals surface area contributed by atoms with Crippen LogP contribution in [0.1, 0.15) is 5.56 Å². The molecular weight excluding hydrogens is 171 g/mol. The Morgan fingerprint density at radius 3 is 2.92 bits per heavy atom. The summed E-state index contributed by atoms with van der Waals surface area (Å²) in [5.74, 6) is -0.166. The van der Waals surface area contributed by atoms with Crippen molar-refractivity contribution in [1.82, 2.24) is 0 Å². The predicted octanol–water partition coefficient (Wildman–Crippen LogP) is 2.20. The number of aldehydes is 1. The number of allylic oxidation sites excluding steroid dienone is 1. The molecule has 13 heavy (non-hydrogen) atoms. The Morgan fingerprint density at radius 2 is 2.31 bits per heavy atom. The number of methoxy groups -OCH3 is 1. The van der Waals surface area contributed by atoms with E-state index in [1.165, 1.54) is 7.11 Å². The van der Waals surface area contributed by atoms with Gasteiger partial charge in [-0.15, -0.1) is 0 Å². The molecule has 0 N–H and O–H groups in total. The summed E-state index contributed by atoms with van der Waals surface area (Å²) in [4.78, 5) is 9.99. The molecule has 0 atom stereocenters. The van der Waals surface area contributed by atoms with Crippen LogP contribution in [0.25, 0.3) is 6.08 Å². The molecule has 0 heterocycles. The van der Waals surface area contributed by atoms with E-state index in [-0.39, 0.29) is 6.29 Å². The number of carbonyl (C=O) groups excluding carboxylic acids is 1. The van der Waals surface area contributed by atoms with Gasteiger partial charge in [-0.05, 0) is 23.8 Å². The van der Waals surface area contributed by atoms with Gasteiger partial charge >= 0.3 is 0 Å². The fourth-order valence-electron chi connectivity index (χ4n) is 0.925. The molecule has 0 amide bonds. The van der Waals surface area contributed by atoms with Crippen molar-refractivity contribution in [3.8, 4) is 5.75 Å². The maximum atomic E-state index is 12.5. The average Bonchev–Trinajstić information content (AvgIpc) is 2.18. The van der Waals surface area contributed by atoms with E-state index >= 15 is 0 Å². The Bertz CT molecular complexity index is 331. The molecule has 3 heteroatoms. The number of carbonyl (C=O) groups is 1. The second-order valence-corrected chi connectivity index (χ2v) is 2.42. The van der Waals surface area contributed by atoms with Gasteiger partial charge in [0.2, 0.25) is 0 Å². The quantitative estimate of drug-likeness (QED) is 0.526. The third-order valence-corrected chi connectivity index (χ3v) is 1.51. The maximum Gasteiger partial charge on any atom is 0.178 e. The minimum Gasteiger partial charge on any atom is -0.497 e. The van der Waals surface area contributed by atoms with Crippen molar-refractivity contribution in [2.75, 3.05) is 7.11 Å². The zero-order valence-corrected chi connectivity index (χ0v) is 7.16. The van der Waals surface area contributed by atoms with Crippen molar-refractivity contribution >= 4 is 12.4 Å². The zero-order chi connectivity index (χ0) is 9.68. The molecule has 1 aromatic carbocycles. The molecule has 0 saturated heterocycles. The summed E-state index contributed by atoms with van der Waals surface area (Å²) in [6, 6.07) is 6.80. The van der Waals surface area contributed by atoms with Gasteiger partial charge in [-0.2, -0.15) is 0 Å². The molecule has 0 spiro atoms. The first-order valence-electron chi connectivity index (χ1n) is 3.72. The van der Waals surface area contributed by atoms with Crippen LogP contribution >= 0.6 is 0 Å². The third-order valence-electron chi connectivity index (χ3n) is 1.51. The lowest BCUT2D eigenvalue weighted by Crippen LogP contribution is -1.83. The van der Waals surface area contributed by atoms with Crippen LogP contribution in [0.15, 0.2) is 30.1 Å². The highest BCUT2D eigenvalue weighted by molar-refractivity contribution is 5.78. The molecule has 1 rings (SSSR count). The van der Waals surface area contributed by atoms with E-state index in [9.17, 15) is 9.18 Å². The Morgan fingerprint density at radius 1 is 1.54 bits per heavy atom. The van der Waals surface area contributed by atoms with Crippen LogP contribution in [-0.4, -0.2) is 13.4 Å². The third kappa shape index (κ3) is 2.71. The van der Waals surface area contributed by atoms with Crippen LogP contribution in [-0.2, 0) is 4.79 Å². The lowest BCUT2D eigenvalue weighted by molar-refractivity contribution is -0.106. The van der Waals surface area contributed by atoms with Gasteiger partial charge in [0.15, 0.2) is 12.1 Å². The van der Waals surface area contributed by atoms with E-state index in [1.807, 2.05) is 0 Å². The summed E-state index contributed by atoms with van der Waals surface area (Å²) in [6.45, 7) is 0. The highest BCUT2D eigenvalue weighted by Gasteiger charge is 1.94. The van der Waals surface area contributed by atoms with Crippen molar-refractivity contribution in [1.29, 1.82) is 0 Å². The van der Waals surface area contributed by atoms with E-state index in [0.717, 1.165) is 6.08 Å². The highest BCUT2D eigenvalue weighted by Crippen LogP contribution is 2.14. The minimum absolute atomic E-state index is 0.166. The van der Waals surface area contributed by atoms with Gasteiger partial charge in [0.1, 0.15) is 5.75 Å². The average molecular weight is 180 g/mol. The minimum atomic E-state index is -0.798. The lowest BCUT2D eigenvalue weighted by atomic mass is 10.2. The molecule has 0 fully saturated rings. The van der Waals surface area contributed by atoms with Crippen LogP contribution in [0.3, 0.4) is 0 Å². The Kier molecular flexibility index (Phi) is 3.20. The number of hydrogen-bond acceptors (Lipinski definition) is 2. The first kappa shape index (κ1) is 9.45. The van der Waals surface area contributed by atoms with E-state index in [4.69, 9.17) is 4.74 Å². The molecule has 68 valence electrons. The van der Waals surface area contributed by atoms with Gasteiger partial charge in [-0.1, -0.05) is 12.1 Å². The van der Waals surface area contributed by atoms with Gasteiger partial charge in [0.05, 0.1) is 7.11 Å². The molecule has 0 aliphatic rings. The Balaban J connectivity index is 2.95. The number of benzene rings is 1. The summed E-state index contributed by atoms with van der Waals surface area (Å²) in [5.41, 5.74) is 0.601. The zero-order valence-electron chi connectivity index (χ0n) is 7.16. The standard InChI is InChI=1S/C10H9FO2/c1-13-10-4-2-3-8(6-10)5-9(11)7-12/h2-7H,1H3/b9-5-. The van der Waals surface area contributed by atoms with E-state index in [1.54, 1.807) is 24.3 Å². The summed E-state index contributed by atoms with van der Waals surface area (Å²) in [7, 11) is 1.53. The van der Waals surface area contributed by atoms with Gasteiger partial charge in [0, 0.05) is 0 Å². The van der Waals surface area contributed by atoms with E-state index in [0.29, 0.717) is 11.3 Å². The number of rotatable bonds is 3. The molecule has 0 bridgehead atoms. The topological polar surface area (TPSA) is 26.3 Å². The highest BCUT2D eigenvalue weighted by atomic mass is 19.1. The van der Waals surface area contributed by atoms with Crippen molar-refractivity contribution in [2.24, 2.45) is 0 Å². The molecule has 2 nitrogen and oxygen atoms in total. The van der Waals surface area contributed by atoms with Crippen molar-refractivity contribution in [2.45, 2.75) is 0 Å². The second-order valence-electron chi connectivity index (χ2n) is 2.42. The summed E-state index contributed by atoms with van der Waals surface area (Å²) < 4.78 is 17.4. The van der Waals surface area contributed by atoms with Crippen LogP contribution < -0.4 is 4.74 Å². The second kappa shape index (κ2) is 4.40. The first-order valence-corrected chi connectivity index (χ1v) is 3.72. The smallest absolute Gasteiger partial charge is 0.178 e. The van der Waals surface area contributed by atoms with Crippen LogP contribution in [0, 0.1) is 0 Å². The molecule has 0 radical (unpaired) electrons. The van der Waals surface area contributed by atoms with Crippen molar-refractivity contribution in [3.63, 3.8) is 0 Å². The van der Waals surface area contributed by atoms with Gasteiger partial charge in [0.25, 0.3) is 0 Å². The SMILES string of the molecule is COc1cccc(/C=C(\F)C=O)c1. The van der Waals surface area contributed by atoms with Crippen LogP contribution in [0.5, 0.6) is 5.75 Å². The number of halogens is 1. The normalized spacial score (nSPS) is 11.1. The maximum absolute atomic E-state index is 12.5. The Hall–Kier alpha value is -1.64. The lowest BCUT2D eigenvalue weighted by Gasteiger charge is -1.99. The molecule has 0 aliphatic heterocycles. The van der Waals surface area contributed by atoms with E-state index < -0.39 is 5.83 Å². The Labute approximate surface area is 75.6 Å². The van der Waals surface area contributed by atoms with Gasteiger partial charge in [-0.25, -0.2) is 4.39 Å². The molecule has 0 aromatic heterocycles. The molecule has 0 aliphatic carbocycles. The number of hydrogen-bond donors (Lipinski definition) is 0. The van der Waals surface area contributed by atoms with Crippen molar-refractivity contribution in [3.05, 3.63) is 35.7 Å². The largest absolute Gasteiger partial charge is 0.497 e. The number of ether oxygens (including phenoxy) is 1. The van der Waals surface area contributed by atoms with Crippen LogP contribution in [0.2, 0.25) is 0 Å². The monoisotopic (exact) mass is 180 g/mol. The fourth-order valence-corrected chi connectivity index (χ4v) is 0.925. The van der Waals surface area contributed by atoms with E-state index in [2.05, 4.69) is 0 Å². The summed E-state index contributed by atoms with van der Waals surface area (Å²) in [5, 5.41) is 0. The molecular formula is C10H9FO2. The van der Waals surface area contributed by atoms with Crippen molar-refractivity contribution < 1.29 is 13.9 Å². The summed E-state index contributed by atoms with van der Waals surface area (Å²) >= 11 is 0. The van der Waals surface area contributed by atoms with Crippen LogP contribution in [0.4, 0.5) is 4.39 Å². The van der Waals surface area contributed by atoms with Gasteiger partial charge in [-0.3, -0.25) is 4.79 Å². The molecule has 0 saturated carbocycles. The summed E-state index contributed by atoms with van der Waals surface area (Å²) in [6.07, 6.45) is 1.31. The first-order chi connectivity index (χ1) is 6.26. The molecule has 0 unspecified atom stereocenters. The predicted molar refractivity (Wildman–Crippen MR) is 48.1 cm³/mol. The molecule has 1 aromatic rings.